The molecule has 1 spiro atoms. The van der Waals surface area contributed by atoms with Crippen LogP contribution >= 0.6 is 0 Å². The lowest BCUT2D eigenvalue weighted by atomic mass is 9.78. The van der Waals surface area contributed by atoms with Crippen molar-refractivity contribution in [3.8, 4) is 0 Å². The predicted octanol–water partition coefficient (Wildman–Crippen LogP) is 2.35. The van der Waals surface area contributed by atoms with Gasteiger partial charge in [-0.25, -0.2) is 0 Å². The Morgan fingerprint density at radius 3 is 2.89 bits per heavy atom. The van der Waals surface area contributed by atoms with Crippen LogP contribution in [0.4, 0.5) is 0 Å². The molecule has 2 aliphatic rings. The van der Waals surface area contributed by atoms with Gasteiger partial charge in [0.05, 0.1) is 12.1 Å². The number of aromatic nitrogens is 2. The quantitative estimate of drug-likeness (QED) is 0.909. The zero-order valence-corrected chi connectivity index (χ0v) is 11.7. The highest BCUT2D eigenvalue weighted by atomic mass is 16.5. The minimum absolute atomic E-state index is 0.152. The second kappa shape index (κ2) is 5.59. The van der Waals surface area contributed by atoms with E-state index in [9.17, 15) is 0 Å². The molecule has 1 aliphatic heterocycles. The highest BCUT2D eigenvalue weighted by Gasteiger charge is 2.38. The van der Waals surface area contributed by atoms with Gasteiger partial charge in [0.1, 0.15) is 0 Å². The standard InChI is InChI=1S/C14H23N3O2/c1-11-16-13(19-17-11)10-15-12-5-8-18-14(9-12)6-3-2-4-7-14/h12,15H,2-10H2,1H3. The number of rotatable bonds is 3. The molecule has 1 aromatic rings. The van der Waals surface area contributed by atoms with E-state index in [-0.39, 0.29) is 5.60 Å². The Balaban J connectivity index is 1.53. The lowest BCUT2D eigenvalue weighted by Crippen LogP contribution is -2.47. The van der Waals surface area contributed by atoms with E-state index in [1.807, 2.05) is 6.92 Å². The van der Waals surface area contributed by atoms with E-state index in [1.165, 1.54) is 32.1 Å². The molecule has 0 radical (unpaired) electrons. The Kier molecular flexibility index (Phi) is 3.84. The maximum Gasteiger partial charge on any atom is 0.240 e. The van der Waals surface area contributed by atoms with E-state index < -0.39 is 0 Å². The van der Waals surface area contributed by atoms with E-state index in [0.29, 0.717) is 24.3 Å². The first kappa shape index (κ1) is 13.1. The van der Waals surface area contributed by atoms with Crippen molar-refractivity contribution in [2.75, 3.05) is 6.61 Å². The van der Waals surface area contributed by atoms with E-state index in [2.05, 4.69) is 15.5 Å². The van der Waals surface area contributed by atoms with Crippen molar-refractivity contribution in [2.24, 2.45) is 0 Å². The van der Waals surface area contributed by atoms with Gasteiger partial charge in [0.2, 0.25) is 5.89 Å². The molecule has 1 aromatic heterocycles. The number of hydrogen-bond donors (Lipinski definition) is 1. The Morgan fingerprint density at radius 1 is 1.32 bits per heavy atom. The van der Waals surface area contributed by atoms with Crippen molar-refractivity contribution in [1.82, 2.24) is 15.5 Å². The number of aryl methyl sites for hydroxylation is 1. The summed E-state index contributed by atoms with van der Waals surface area (Å²) in [6.07, 6.45) is 8.65. The smallest absolute Gasteiger partial charge is 0.240 e. The first-order valence-corrected chi connectivity index (χ1v) is 7.42. The van der Waals surface area contributed by atoms with E-state index in [1.54, 1.807) is 0 Å². The Bertz CT molecular complexity index is 407. The fraction of sp³-hybridized carbons (Fsp3) is 0.857. The second-order valence-electron chi connectivity index (χ2n) is 5.90. The summed E-state index contributed by atoms with van der Waals surface area (Å²) in [5.74, 6) is 1.38. The highest BCUT2D eigenvalue weighted by molar-refractivity contribution is 4.93. The van der Waals surface area contributed by atoms with E-state index in [4.69, 9.17) is 9.26 Å². The Morgan fingerprint density at radius 2 is 2.16 bits per heavy atom. The lowest BCUT2D eigenvalue weighted by Gasteiger charge is -2.43. The molecule has 5 nitrogen and oxygen atoms in total. The van der Waals surface area contributed by atoms with Gasteiger partial charge in [-0.05, 0) is 32.6 Å². The van der Waals surface area contributed by atoms with Crippen molar-refractivity contribution >= 4 is 0 Å². The maximum atomic E-state index is 6.10. The monoisotopic (exact) mass is 265 g/mol. The normalized spacial score (nSPS) is 26.7. The number of nitrogens with zero attached hydrogens (tertiary/aromatic N) is 2. The molecule has 1 saturated heterocycles. The number of nitrogens with one attached hydrogen (secondary N) is 1. The minimum Gasteiger partial charge on any atom is -0.375 e. The van der Waals surface area contributed by atoms with Gasteiger partial charge in [0, 0.05) is 12.6 Å². The molecule has 106 valence electrons. The molecule has 0 amide bonds. The minimum atomic E-state index is 0.152. The summed E-state index contributed by atoms with van der Waals surface area (Å²) < 4.78 is 11.2. The maximum absolute atomic E-state index is 6.10. The summed E-state index contributed by atoms with van der Waals surface area (Å²) in [5.41, 5.74) is 0.152. The molecule has 1 saturated carbocycles. The van der Waals surface area contributed by atoms with Crippen LogP contribution in [0.15, 0.2) is 4.52 Å². The van der Waals surface area contributed by atoms with Gasteiger partial charge in [-0.2, -0.15) is 4.98 Å². The molecule has 5 heteroatoms. The summed E-state index contributed by atoms with van der Waals surface area (Å²) in [6, 6.07) is 0.513. The summed E-state index contributed by atoms with van der Waals surface area (Å²) in [6.45, 7) is 3.39. The van der Waals surface area contributed by atoms with Crippen LogP contribution in [0.2, 0.25) is 0 Å². The Labute approximate surface area is 114 Å². The third-order valence-electron chi connectivity index (χ3n) is 4.37. The van der Waals surface area contributed by atoms with Crippen LogP contribution in [0.25, 0.3) is 0 Å². The van der Waals surface area contributed by atoms with Crippen molar-refractivity contribution in [2.45, 2.75) is 70.1 Å². The number of ether oxygens (including phenoxy) is 1. The SMILES string of the molecule is Cc1noc(CNC2CCOC3(CCCCC3)C2)n1. The van der Waals surface area contributed by atoms with Gasteiger partial charge >= 0.3 is 0 Å². The predicted molar refractivity (Wildman–Crippen MR) is 70.7 cm³/mol. The van der Waals surface area contributed by atoms with Crippen molar-refractivity contribution in [3.63, 3.8) is 0 Å². The Hall–Kier alpha value is -0.940. The zero-order chi connectivity index (χ0) is 13.1. The molecule has 0 aromatic carbocycles. The third-order valence-corrected chi connectivity index (χ3v) is 4.37. The van der Waals surface area contributed by atoms with Crippen molar-refractivity contribution < 1.29 is 9.26 Å². The zero-order valence-electron chi connectivity index (χ0n) is 11.7. The molecule has 1 N–H and O–H groups in total. The molecule has 0 bridgehead atoms. The molecule has 1 unspecified atom stereocenters. The van der Waals surface area contributed by atoms with Gasteiger partial charge in [0.25, 0.3) is 0 Å². The highest BCUT2D eigenvalue weighted by Crippen LogP contribution is 2.38. The van der Waals surface area contributed by atoms with Gasteiger partial charge in [-0.3, -0.25) is 0 Å². The lowest BCUT2D eigenvalue weighted by molar-refractivity contribution is -0.109. The second-order valence-corrected chi connectivity index (χ2v) is 5.90. The van der Waals surface area contributed by atoms with Crippen LogP contribution in [0.5, 0.6) is 0 Å². The van der Waals surface area contributed by atoms with Gasteiger partial charge in [-0.15, -0.1) is 0 Å². The van der Waals surface area contributed by atoms with Crippen LogP contribution < -0.4 is 5.32 Å². The van der Waals surface area contributed by atoms with Crippen LogP contribution in [0.1, 0.15) is 56.7 Å². The van der Waals surface area contributed by atoms with Crippen molar-refractivity contribution in [3.05, 3.63) is 11.7 Å². The van der Waals surface area contributed by atoms with E-state index >= 15 is 0 Å². The van der Waals surface area contributed by atoms with Gasteiger partial charge in [-0.1, -0.05) is 24.4 Å². The molecular weight excluding hydrogens is 242 g/mol. The van der Waals surface area contributed by atoms with Gasteiger partial charge < -0.3 is 14.6 Å². The van der Waals surface area contributed by atoms with Crippen LogP contribution in [-0.2, 0) is 11.3 Å². The average Bonchev–Trinajstić information content (AvgIpc) is 2.83. The van der Waals surface area contributed by atoms with Crippen LogP contribution in [0.3, 0.4) is 0 Å². The summed E-state index contributed by atoms with van der Waals surface area (Å²) in [4.78, 5) is 4.23. The summed E-state index contributed by atoms with van der Waals surface area (Å²) in [7, 11) is 0. The van der Waals surface area contributed by atoms with Crippen molar-refractivity contribution in [1.29, 1.82) is 0 Å². The average molecular weight is 265 g/mol. The topological polar surface area (TPSA) is 60.2 Å². The number of hydrogen-bond acceptors (Lipinski definition) is 5. The van der Waals surface area contributed by atoms with Crippen LogP contribution in [-0.4, -0.2) is 28.4 Å². The molecule has 2 heterocycles. The molecule has 19 heavy (non-hydrogen) atoms. The first-order chi connectivity index (χ1) is 9.26. The molecule has 1 aliphatic carbocycles. The summed E-state index contributed by atoms with van der Waals surface area (Å²) >= 11 is 0. The third kappa shape index (κ3) is 3.15. The van der Waals surface area contributed by atoms with Gasteiger partial charge in [0.15, 0.2) is 5.82 Å². The van der Waals surface area contributed by atoms with Crippen LogP contribution in [0, 0.1) is 6.92 Å². The molecule has 2 fully saturated rings. The molecular formula is C14H23N3O2. The van der Waals surface area contributed by atoms with E-state index in [0.717, 1.165) is 19.4 Å². The summed E-state index contributed by atoms with van der Waals surface area (Å²) in [5, 5.41) is 7.36. The first-order valence-electron chi connectivity index (χ1n) is 7.42. The largest absolute Gasteiger partial charge is 0.375 e. The molecule has 3 rings (SSSR count). The fourth-order valence-electron chi connectivity index (χ4n) is 3.39. The fourth-order valence-corrected chi connectivity index (χ4v) is 3.39. The molecule has 1 atom stereocenters.